The van der Waals surface area contributed by atoms with Crippen LogP contribution in [0.1, 0.15) is 28.4 Å². The second-order valence-electron chi connectivity index (χ2n) is 5.49. The van der Waals surface area contributed by atoms with Gasteiger partial charge in [0.05, 0.1) is 11.4 Å². The monoisotopic (exact) mass is 317 g/mol. The van der Waals surface area contributed by atoms with E-state index >= 15 is 0 Å². The lowest BCUT2D eigenvalue weighted by atomic mass is 10.00. The number of nitrogens with one attached hydrogen (secondary N) is 1. The van der Waals surface area contributed by atoms with E-state index in [1.54, 1.807) is 24.4 Å². The van der Waals surface area contributed by atoms with Gasteiger partial charge in [-0.2, -0.15) is 0 Å². The van der Waals surface area contributed by atoms with Crippen LogP contribution in [0.25, 0.3) is 0 Å². The van der Waals surface area contributed by atoms with Gasteiger partial charge in [0.25, 0.3) is 0 Å². The van der Waals surface area contributed by atoms with E-state index in [-0.39, 0.29) is 5.78 Å². The minimum absolute atomic E-state index is 0.0322. The summed E-state index contributed by atoms with van der Waals surface area (Å²) in [5, 5.41) is 3.16. The molecule has 0 fully saturated rings. The smallest absolute Gasteiger partial charge is 0.195 e. The average Bonchev–Trinajstić information content (AvgIpc) is 2.63. The number of ketones is 1. The Morgan fingerprint density at radius 3 is 2.50 bits per heavy atom. The zero-order valence-electron chi connectivity index (χ0n) is 13.5. The fourth-order valence-electron chi connectivity index (χ4n) is 2.49. The fraction of sp³-hybridized carbons (Fsp3) is 0.100. The van der Waals surface area contributed by atoms with Crippen LogP contribution in [-0.4, -0.2) is 10.8 Å². The third-order valence-electron chi connectivity index (χ3n) is 3.89. The highest BCUT2D eigenvalue weighted by Gasteiger charge is 2.14. The maximum absolute atomic E-state index is 12.9. The lowest BCUT2D eigenvalue weighted by molar-refractivity contribution is 0.103. The van der Waals surface area contributed by atoms with Crippen LogP contribution in [0, 0.1) is 0 Å². The Morgan fingerprint density at radius 1 is 1.04 bits per heavy atom. The molecule has 0 amide bonds. The summed E-state index contributed by atoms with van der Waals surface area (Å²) in [4.78, 5) is 17.1. The van der Waals surface area contributed by atoms with Crippen LogP contribution in [0.4, 0.5) is 17.2 Å². The first-order valence-corrected chi connectivity index (χ1v) is 7.89. The SMILES string of the molecule is CCc1ccc(C(=O)c2ccccc2Nc2ncccc2N)cc1. The van der Waals surface area contributed by atoms with E-state index in [9.17, 15) is 4.79 Å². The number of hydrogen-bond acceptors (Lipinski definition) is 4. The number of aromatic nitrogens is 1. The molecule has 0 aliphatic heterocycles. The van der Waals surface area contributed by atoms with Crippen LogP contribution in [0.2, 0.25) is 0 Å². The summed E-state index contributed by atoms with van der Waals surface area (Å²) in [6.45, 7) is 2.09. The molecule has 0 radical (unpaired) electrons. The minimum Gasteiger partial charge on any atom is -0.396 e. The van der Waals surface area contributed by atoms with Gasteiger partial charge in [0.1, 0.15) is 0 Å². The molecule has 3 aromatic rings. The summed E-state index contributed by atoms with van der Waals surface area (Å²) < 4.78 is 0. The highest BCUT2D eigenvalue weighted by Crippen LogP contribution is 2.25. The molecule has 3 N–H and O–H groups in total. The van der Waals surface area contributed by atoms with Gasteiger partial charge in [-0.05, 0) is 36.2 Å². The number of hydrogen-bond donors (Lipinski definition) is 2. The molecule has 0 bridgehead atoms. The molecule has 0 atom stereocenters. The maximum Gasteiger partial charge on any atom is 0.195 e. The van der Waals surface area contributed by atoms with Gasteiger partial charge < -0.3 is 11.1 Å². The number of para-hydroxylation sites is 1. The Labute approximate surface area is 141 Å². The third-order valence-corrected chi connectivity index (χ3v) is 3.89. The van der Waals surface area contributed by atoms with Gasteiger partial charge in [-0.3, -0.25) is 4.79 Å². The summed E-state index contributed by atoms with van der Waals surface area (Å²) >= 11 is 0. The molecular weight excluding hydrogens is 298 g/mol. The quantitative estimate of drug-likeness (QED) is 0.692. The first-order valence-electron chi connectivity index (χ1n) is 7.89. The van der Waals surface area contributed by atoms with Crippen molar-refractivity contribution in [2.45, 2.75) is 13.3 Å². The molecule has 24 heavy (non-hydrogen) atoms. The number of nitrogens with two attached hydrogens (primary N) is 1. The van der Waals surface area contributed by atoms with Crippen LogP contribution in [-0.2, 0) is 6.42 Å². The second-order valence-corrected chi connectivity index (χ2v) is 5.49. The molecule has 3 rings (SSSR count). The van der Waals surface area contributed by atoms with Gasteiger partial charge in [-0.25, -0.2) is 4.98 Å². The molecule has 0 saturated carbocycles. The first kappa shape index (κ1) is 15.7. The van der Waals surface area contributed by atoms with E-state index in [1.807, 2.05) is 42.5 Å². The zero-order valence-corrected chi connectivity index (χ0v) is 13.5. The van der Waals surface area contributed by atoms with Crippen molar-refractivity contribution in [2.24, 2.45) is 0 Å². The van der Waals surface area contributed by atoms with Crippen molar-refractivity contribution < 1.29 is 4.79 Å². The Morgan fingerprint density at radius 2 is 1.79 bits per heavy atom. The number of rotatable bonds is 5. The molecule has 0 unspecified atom stereocenters. The van der Waals surface area contributed by atoms with Crippen molar-refractivity contribution in [3.8, 4) is 0 Å². The first-order chi connectivity index (χ1) is 11.7. The van der Waals surface area contributed by atoms with E-state index in [0.29, 0.717) is 28.3 Å². The van der Waals surface area contributed by atoms with Gasteiger partial charge >= 0.3 is 0 Å². The molecule has 120 valence electrons. The predicted octanol–water partition coefficient (Wildman–Crippen LogP) is 4.20. The number of benzene rings is 2. The van der Waals surface area contributed by atoms with Crippen LogP contribution >= 0.6 is 0 Å². The Kier molecular flexibility index (Phi) is 4.57. The Balaban J connectivity index is 1.93. The van der Waals surface area contributed by atoms with E-state index in [2.05, 4.69) is 17.2 Å². The molecule has 2 aromatic carbocycles. The van der Waals surface area contributed by atoms with Crippen molar-refractivity contribution in [2.75, 3.05) is 11.1 Å². The molecule has 0 saturated heterocycles. The molecule has 4 heteroatoms. The summed E-state index contributed by atoms with van der Waals surface area (Å²) in [6, 6.07) is 18.6. The van der Waals surface area contributed by atoms with Crippen molar-refractivity contribution in [1.82, 2.24) is 4.98 Å². The molecule has 1 heterocycles. The van der Waals surface area contributed by atoms with Crippen LogP contribution < -0.4 is 11.1 Å². The van der Waals surface area contributed by atoms with E-state index in [0.717, 1.165) is 6.42 Å². The maximum atomic E-state index is 12.9. The van der Waals surface area contributed by atoms with Crippen molar-refractivity contribution in [3.63, 3.8) is 0 Å². The molecule has 0 aliphatic carbocycles. The number of carbonyl (C=O) groups is 1. The zero-order chi connectivity index (χ0) is 16.9. The van der Waals surface area contributed by atoms with Gasteiger partial charge in [0, 0.05) is 17.3 Å². The third kappa shape index (κ3) is 3.27. The summed E-state index contributed by atoms with van der Waals surface area (Å²) in [5.41, 5.74) is 9.61. The second kappa shape index (κ2) is 6.96. The summed E-state index contributed by atoms with van der Waals surface area (Å²) in [7, 11) is 0. The van der Waals surface area contributed by atoms with Crippen molar-refractivity contribution in [3.05, 3.63) is 83.6 Å². The van der Waals surface area contributed by atoms with Crippen LogP contribution in [0.5, 0.6) is 0 Å². The summed E-state index contributed by atoms with van der Waals surface area (Å²) in [6.07, 6.45) is 2.61. The average molecular weight is 317 g/mol. The fourth-order valence-corrected chi connectivity index (χ4v) is 2.49. The van der Waals surface area contributed by atoms with E-state index < -0.39 is 0 Å². The molecule has 0 spiro atoms. The molecule has 0 aliphatic rings. The van der Waals surface area contributed by atoms with Gasteiger partial charge in [-0.15, -0.1) is 0 Å². The van der Waals surface area contributed by atoms with Gasteiger partial charge in [-0.1, -0.05) is 43.3 Å². The molecule has 4 nitrogen and oxygen atoms in total. The normalized spacial score (nSPS) is 10.4. The van der Waals surface area contributed by atoms with Crippen LogP contribution in [0.15, 0.2) is 66.9 Å². The highest BCUT2D eigenvalue weighted by atomic mass is 16.1. The van der Waals surface area contributed by atoms with Crippen molar-refractivity contribution >= 4 is 23.0 Å². The lowest BCUT2D eigenvalue weighted by Gasteiger charge is -2.12. The van der Waals surface area contributed by atoms with Crippen molar-refractivity contribution in [1.29, 1.82) is 0 Å². The molecule has 1 aromatic heterocycles. The summed E-state index contributed by atoms with van der Waals surface area (Å²) in [5.74, 6) is 0.509. The number of pyridine rings is 1. The Bertz CT molecular complexity index is 857. The van der Waals surface area contributed by atoms with E-state index in [4.69, 9.17) is 5.73 Å². The highest BCUT2D eigenvalue weighted by molar-refractivity contribution is 6.12. The number of aryl methyl sites for hydroxylation is 1. The predicted molar refractivity (Wildman–Crippen MR) is 97.6 cm³/mol. The number of carbonyl (C=O) groups excluding carboxylic acids is 1. The Hall–Kier alpha value is -3.14. The lowest BCUT2D eigenvalue weighted by Crippen LogP contribution is -2.07. The van der Waals surface area contributed by atoms with Gasteiger partial charge in [0.15, 0.2) is 11.6 Å². The minimum atomic E-state index is -0.0322. The number of anilines is 3. The number of nitrogens with zero attached hydrogens (tertiary/aromatic N) is 1. The largest absolute Gasteiger partial charge is 0.396 e. The van der Waals surface area contributed by atoms with Gasteiger partial charge in [0.2, 0.25) is 0 Å². The number of nitrogen functional groups attached to an aromatic ring is 1. The molecular formula is C20H19N3O. The van der Waals surface area contributed by atoms with Crippen LogP contribution in [0.3, 0.4) is 0 Å². The standard InChI is InChI=1S/C20H19N3O/c1-2-14-9-11-15(12-10-14)19(24)16-6-3-4-8-18(16)23-20-17(21)7-5-13-22-20/h3-13H,2,21H2,1H3,(H,22,23). The van der Waals surface area contributed by atoms with E-state index in [1.165, 1.54) is 5.56 Å². The topological polar surface area (TPSA) is 68.0 Å².